The van der Waals surface area contributed by atoms with Gasteiger partial charge in [0, 0.05) is 33.1 Å². The Bertz CT molecular complexity index is 693. The Morgan fingerprint density at radius 3 is 2.67 bits per heavy atom. The molecule has 1 aliphatic rings. The van der Waals surface area contributed by atoms with Gasteiger partial charge in [-0.15, -0.1) is 5.10 Å². The first-order valence-corrected chi connectivity index (χ1v) is 8.25. The Morgan fingerprint density at radius 1 is 1.21 bits per heavy atom. The summed E-state index contributed by atoms with van der Waals surface area (Å²) in [5, 5.41) is 8.32. The summed E-state index contributed by atoms with van der Waals surface area (Å²) in [5.41, 5.74) is 0.798. The number of amides is 1. The fraction of sp³-hybridized carbons (Fsp3) is 0.471. The van der Waals surface area contributed by atoms with Gasteiger partial charge in [-0.2, -0.15) is 0 Å². The highest BCUT2D eigenvalue weighted by Gasteiger charge is 2.23. The maximum absolute atomic E-state index is 11.4. The molecule has 2 heterocycles. The largest absolute Gasteiger partial charge is 0.493 e. The number of nitrogens with zero attached hydrogens (tertiary/aromatic N) is 4. The van der Waals surface area contributed by atoms with Crippen LogP contribution >= 0.6 is 0 Å². The summed E-state index contributed by atoms with van der Waals surface area (Å²) in [6, 6.07) is 8.14. The first kappa shape index (κ1) is 16.3. The number of hydrogen-bond acceptors (Lipinski definition) is 6. The van der Waals surface area contributed by atoms with Crippen molar-refractivity contribution in [3.05, 3.63) is 24.3 Å². The Hall–Kier alpha value is -2.57. The Balaban J connectivity index is 1.74. The molecule has 1 amide bonds. The zero-order chi connectivity index (χ0) is 16.9. The highest BCUT2D eigenvalue weighted by molar-refractivity contribution is 5.73. The SMILES string of the molecule is CCCOc1ccccc1-c1nnc(N2CCN(C(C)=O)CC2)o1. The van der Waals surface area contributed by atoms with Crippen LogP contribution in [0.15, 0.2) is 28.7 Å². The van der Waals surface area contributed by atoms with Crippen molar-refractivity contribution in [3.63, 3.8) is 0 Å². The number of benzene rings is 1. The number of anilines is 1. The van der Waals surface area contributed by atoms with Crippen molar-refractivity contribution in [2.75, 3.05) is 37.7 Å². The molecule has 1 fully saturated rings. The zero-order valence-corrected chi connectivity index (χ0v) is 14.1. The van der Waals surface area contributed by atoms with Gasteiger partial charge in [0.2, 0.25) is 5.91 Å². The van der Waals surface area contributed by atoms with Gasteiger partial charge in [0.25, 0.3) is 5.89 Å². The predicted molar refractivity (Wildman–Crippen MR) is 90.0 cm³/mol. The summed E-state index contributed by atoms with van der Waals surface area (Å²) in [5.74, 6) is 1.30. The fourth-order valence-electron chi connectivity index (χ4n) is 2.65. The normalized spacial score (nSPS) is 14.8. The lowest BCUT2D eigenvalue weighted by molar-refractivity contribution is -0.129. The van der Waals surface area contributed by atoms with Gasteiger partial charge in [0.05, 0.1) is 12.2 Å². The van der Waals surface area contributed by atoms with Crippen molar-refractivity contribution in [1.29, 1.82) is 0 Å². The number of ether oxygens (including phenoxy) is 1. The lowest BCUT2D eigenvalue weighted by atomic mass is 10.2. The minimum absolute atomic E-state index is 0.0999. The first-order chi connectivity index (χ1) is 11.7. The third-order valence-electron chi connectivity index (χ3n) is 3.99. The molecule has 7 nitrogen and oxygen atoms in total. The molecule has 0 N–H and O–H groups in total. The van der Waals surface area contributed by atoms with Gasteiger partial charge < -0.3 is 19.0 Å². The van der Waals surface area contributed by atoms with Gasteiger partial charge in [-0.25, -0.2) is 0 Å². The van der Waals surface area contributed by atoms with Crippen LogP contribution in [0.4, 0.5) is 6.01 Å². The van der Waals surface area contributed by atoms with Crippen LogP contribution in [-0.2, 0) is 4.79 Å². The second kappa shape index (κ2) is 7.33. The van der Waals surface area contributed by atoms with E-state index in [2.05, 4.69) is 17.1 Å². The van der Waals surface area contributed by atoms with Gasteiger partial charge in [-0.1, -0.05) is 24.2 Å². The molecule has 128 valence electrons. The third-order valence-corrected chi connectivity index (χ3v) is 3.99. The molecule has 1 saturated heterocycles. The minimum atomic E-state index is 0.0999. The van der Waals surface area contributed by atoms with Crippen molar-refractivity contribution in [3.8, 4) is 17.2 Å². The second-order valence-electron chi connectivity index (χ2n) is 5.73. The molecule has 1 aliphatic heterocycles. The quantitative estimate of drug-likeness (QED) is 0.837. The van der Waals surface area contributed by atoms with E-state index in [0.29, 0.717) is 44.7 Å². The number of hydrogen-bond donors (Lipinski definition) is 0. The van der Waals surface area contributed by atoms with Gasteiger partial charge in [0.1, 0.15) is 5.75 Å². The van der Waals surface area contributed by atoms with E-state index in [0.717, 1.165) is 17.7 Å². The minimum Gasteiger partial charge on any atom is -0.493 e. The summed E-state index contributed by atoms with van der Waals surface area (Å²) in [7, 11) is 0. The van der Waals surface area contributed by atoms with Crippen molar-refractivity contribution < 1.29 is 13.9 Å². The van der Waals surface area contributed by atoms with E-state index in [1.165, 1.54) is 0 Å². The molecule has 0 aliphatic carbocycles. The van der Waals surface area contributed by atoms with Crippen LogP contribution in [0.5, 0.6) is 5.75 Å². The van der Waals surface area contributed by atoms with E-state index in [-0.39, 0.29) is 5.91 Å². The molecular weight excluding hydrogens is 308 g/mol. The molecule has 0 saturated carbocycles. The zero-order valence-electron chi connectivity index (χ0n) is 14.1. The van der Waals surface area contributed by atoms with E-state index in [4.69, 9.17) is 9.15 Å². The topological polar surface area (TPSA) is 71.7 Å². The van der Waals surface area contributed by atoms with Crippen LogP contribution in [0.3, 0.4) is 0 Å². The van der Waals surface area contributed by atoms with Gasteiger partial charge in [-0.3, -0.25) is 4.79 Å². The van der Waals surface area contributed by atoms with Crippen LogP contribution < -0.4 is 9.64 Å². The molecule has 1 aromatic heterocycles. The van der Waals surface area contributed by atoms with Crippen LogP contribution in [0, 0.1) is 0 Å². The number of rotatable bonds is 5. The molecular formula is C17H22N4O3. The van der Waals surface area contributed by atoms with Crippen molar-refractivity contribution in [1.82, 2.24) is 15.1 Å². The van der Waals surface area contributed by atoms with Crippen LogP contribution in [0.25, 0.3) is 11.5 Å². The molecule has 3 rings (SSSR count). The van der Waals surface area contributed by atoms with Crippen LogP contribution in [0.1, 0.15) is 20.3 Å². The average Bonchev–Trinajstić information content (AvgIpc) is 3.10. The monoisotopic (exact) mass is 330 g/mol. The van der Waals surface area contributed by atoms with Crippen LogP contribution in [0.2, 0.25) is 0 Å². The lowest BCUT2D eigenvalue weighted by Crippen LogP contribution is -2.48. The third kappa shape index (κ3) is 3.50. The molecule has 0 spiro atoms. The Kier molecular flexibility index (Phi) is 4.98. The van der Waals surface area contributed by atoms with E-state index < -0.39 is 0 Å². The van der Waals surface area contributed by atoms with E-state index in [1.54, 1.807) is 6.92 Å². The summed E-state index contributed by atoms with van der Waals surface area (Å²) in [4.78, 5) is 15.2. The van der Waals surface area contributed by atoms with E-state index in [1.807, 2.05) is 34.1 Å². The van der Waals surface area contributed by atoms with Crippen molar-refractivity contribution in [2.24, 2.45) is 0 Å². The smallest absolute Gasteiger partial charge is 0.318 e. The molecule has 0 unspecified atom stereocenters. The van der Waals surface area contributed by atoms with E-state index >= 15 is 0 Å². The number of carbonyl (C=O) groups excluding carboxylic acids is 1. The average molecular weight is 330 g/mol. The summed E-state index contributed by atoms with van der Waals surface area (Å²) in [6.07, 6.45) is 0.934. The van der Waals surface area contributed by atoms with Gasteiger partial charge in [-0.05, 0) is 18.6 Å². The Morgan fingerprint density at radius 2 is 1.96 bits per heavy atom. The lowest BCUT2D eigenvalue weighted by Gasteiger charge is -2.32. The maximum atomic E-state index is 11.4. The molecule has 1 aromatic carbocycles. The first-order valence-electron chi connectivity index (χ1n) is 8.25. The highest BCUT2D eigenvalue weighted by Crippen LogP contribution is 2.30. The maximum Gasteiger partial charge on any atom is 0.318 e. The molecule has 24 heavy (non-hydrogen) atoms. The van der Waals surface area contributed by atoms with Crippen molar-refractivity contribution in [2.45, 2.75) is 20.3 Å². The molecule has 0 radical (unpaired) electrons. The van der Waals surface area contributed by atoms with Gasteiger partial charge in [0.15, 0.2) is 0 Å². The molecule has 0 atom stereocenters. The molecule has 2 aromatic rings. The second-order valence-corrected chi connectivity index (χ2v) is 5.73. The number of carbonyl (C=O) groups is 1. The van der Waals surface area contributed by atoms with Gasteiger partial charge >= 0.3 is 6.01 Å². The fourth-order valence-corrected chi connectivity index (χ4v) is 2.65. The number of aromatic nitrogens is 2. The Labute approximate surface area is 141 Å². The van der Waals surface area contributed by atoms with E-state index in [9.17, 15) is 4.79 Å². The summed E-state index contributed by atoms with van der Waals surface area (Å²) < 4.78 is 11.6. The van der Waals surface area contributed by atoms with Crippen molar-refractivity contribution >= 4 is 11.9 Å². The summed E-state index contributed by atoms with van der Waals surface area (Å²) >= 11 is 0. The number of piperazine rings is 1. The highest BCUT2D eigenvalue weighted by atomic mass is 16.5. The molecule has 7 heteroatoms. The summed E-state index contributed by atoms with van der Waals surface area (Å²) in [6.45, 7) is 7.02. The predicted octanol–water partition coefficient (Wildman–Crippen LogP) is 2.19. The number of para-hydroxylation sites is 1. The van der Waals surface area contributed by atoms with Crippen LogP contribution in [-0.4, -0.2) is 53.8 Å². The standard InChI is InChI=1S/C17H22N4O3/c1-3-12-23-15-7-5-4-6-14(15)16-18-19-17(24-16)21-10-8-20(9-11-21)13(2)22/h4-7H,3,8-12H2,1-2H3. The molecule has 0 bridgehead atoms.